The topological polar surface area (TPSA) is 57.2 Å². The average Bonchev–Trinajstić information content (AvgIpc) is 2.75. The number of aliphatic hydroxyl groups excluding tert-OH is 1. The van der Waals surface area contributed by atoms with Crippen molar-refractivity contribution in [1.82, 2.24) is 0 Å². The van der Waals surface area contributed by atoms with Crippen molar-refractivity contribution in [2.45, 2.75) is 69.6 Å². The summed E-state index contributed by atoms with van der Waals surface area (Å²) in [4.78, 5) is 0. The lowest BCUT2D eigenvalue weighted by molar-refractivity contribution is -0.316. The van der Waals surface area contributed by atoms with E-state index in [0.29, 0.717) is 13.0 Å². The lowest BCUT2D eigenvalue weighted by Crippen LogP contribution is -2.59. The van der Waals surface area contributed by atoms with Crippen LogP contribution < -0.4 is 0 Å². The van der Waals surface area contributed by atoms with Gasteiger partial charge in [0.15, 0.2) is 11.6 Å². The Labute approximate surface area is 101 Å². The first-order valence-electron chi connectivity index (χ1n) is 6.27. The van der Waals surface area contributed by atoms with E-state index < -0.39 is 17.7 Å². The van der Waals surface area contributed by atoms with E-state index in [1.807, 2.05) is 20.8 Å². The smallest absolute Gasteiger partial charge is 0.197 e. The molecule has 5 nitrogen and oxygen atoms in total. The van der Waals surface area contributed by atoms with Gasteiger partial charge in [-0.3, -0.25) is 0 Å². The third-order valence-corrected chi connectivity index (χ3v) is 3.78. The van der Waals surface area contributed by atoms with Crippen molar-refractivity contribution < 1.29 is 24.1 Å². The molecule has 0 aliphatic carbocycles. The first-order chi connectivity index (χ1) is 7.92. The summed E-state index contributed by atoms with van der Waals surface area (Å²) in [6.07, 6.45) is 0.389. The van der Waals surface area contributed by atoms with Gasteiger partial charge in [-0.05, 0) is 27.2 Å². The molecular formula is C12H20O5. The average molecular weight is 244 g/mol. The van der Waals surface area contributed by atoms with Gasteiger partial charge in [0, 0.05) is 6.42 Å². The second-order valence-corrected chi connectivity index (χ2v) is 5.67. The molecule has 1 spiro atoms. The van der Waals surface area contributed by atoms with Crippen molar-refractivity contribution >= 4 is 0 Å². The van der Waals surface area contributed by atoms with Gasteiger partial charge in [-0.25, -0.2) is 0 Å². The van der Waals surface area contributed by atoms with Gasteiger partial charge in [-0.2, -0.15) is 0 Å². The Morgan fingerprint density at radius 2 is 1.94 bits per heavy atom. The van der Waals surface area contributed by atoms with Crippen LogP contribution >= 0.6 is 0 Å². The van der Waals surface area contributed by atoms with Crippen molar-refractivity contribution in [2.75, 3.05) is 6.61 Å². The van der Waals surface area contributed by atoms with Crippen LogP contribution in [0.15, 0.2) is 0 Å². The summed E-state index contributed by atoms with van der Waals surface area (Å²) in [5, 5.41) is 10.4. The molecule has 3 rings (SSSR count). The number of rotatable bonds is 0. The zero-order valence-corrected chi connectivity index (χ0v) is 10.5. The molecule has 0 aromatic carbocycles. The van der Waals surface area contributed by atoms with E-state index in [1.54, 1.807) is 0 Å². The van der Waals surface area contributed by atoms with Crippen molar-refractivity contribution in [3.8, 4) is 0 Å². The second-order valence-electron chi connectivity index (χ2n) is 5.67. The molecule has 3 fully saturated rings. The van der Waals surface area contributed by atoms with Gasteiger partial charge in [-0.1, -0.05) is 0 Å². The van der Waals surface area contributed by atoms with Gasteiger partial charge in [0.2, 0.25) is 0 Å². The highest BCUT2D eigenvalue weighted by molar-refractivity contribution is 5.00. The molecule has 0 aromatic rings. The fourth-order valence-electron chi connectivity index (χ4n) is 3.01. The Balaban J connectivity index is 1.81. The molecule has 0 saturated carbocycles. The number of fused-ring (bicyclic) bond motifs is 1. The number of ether oxygens (including phenoxy) is 4. The molecule has 0 bridgehead atoms. The molecule has 3 heterocycles. The summed E-state index contributed by atoms with van der Waals surface area (Å²) in [6.45, 7) is 6.11. The third kappa shape index (κ3) is 1.81. The van der Waals surface area contributed by atoms with Crippen molar-refractivity contribution in [1.29, 1.82) is 0 Å². The van der Waals surface area contributed by atoms with Crippen LogP contribution in [0.25, 0.3) is 0 Å². The summed E-state index contributed by atoms with van der Waals surface area (Å²) in [5.74, 6) is -1.54. The van der Waals surface area contributed by atoms with E-state index in [-0.39, 0.29) is 18.3 Å². The highest BCUT2D eigenvalue weighted by atomic mass is 16.8. The fraction of sp³-hybridized carbons (Fsp3) is 1.00. The second kappa shape index (κ2) is 3.65. The van der Waals surface area contributed by atoms with E-state index in [0.717, 1.165) is 6.42 Å². The van der Waals surface area contributed by atoms with Crippen LogP contribution in [0, 0.1) is 0 Å². The monoisotopic (exact) mass is 244 g/mol. The first kappa shape index (κ1) is 11.9. The molecule has 1 N–H and O–H groups in total. The minimum absolute atomic E-state index is 0.122. The minimum Gasteiger partial charge on any atom is -0.385 e. The van der Waals surface area contributed by atoms with Crippen molar-refractivity contribution in [3.63, 3.8) is 0 Å². The van der Waals surface area contributed by atoms with Gasteiger partial charge < -0.3 is 24.1 Å². The molecule has 0 aromatic heterocycles. The lowest BCUT2D eigenvalue weighted by atomic mass is 9.94. The maximum atomic E-state index is 10.4. The van der Waals surface area contributed by atoms with Crippen LogP contribution in [0.2, 0.25) is 0 Å². The van der Waals surface area contributed by atoms with E-state index in [4.69, 9.17) is 18.9 Å². The number of hydrogen-bond donors (Lipinski definition) is 1. The zero-order chi connectivity index (χ0) is 12.3. The van der Waals surface area contributed by atoms with Gasteiger partial charge in [0.05, 0.1) is 12.7 Å². The highest BCUT2D eigenvalue weighted by Crippen LogP contribution is 2.44. The van der Waals surface area contributed by atoms with Gasteiger partial charge in [-0.15, -0.1) is 0 Å². The summed E-state index contributed by atoms with van der Waals surface area (Å²) >= 11 is 0. The highest BCUT2D eigenvalue weighted by Gasteiger charge is 2.59. The molecule has 0 amide bonds. The molecule has 3 saturated heterocycles. The van der Waals surface area contributed by atoms with Gasteiger partial charge >= 0.3 is 0 Å². The van der Waals surface area contributed by atoms with Crippen LogP contribution in [0.4, 0.5) is 0 Å². The van der Waals surface area contributed by atoms with E-state index >= 15 is 0 Å². The maximum absolute atomic E-state index is 10.4. The van der Waals surface area contributed by atoms with Crippen LogP contribution in [-0.4, -0.2) is 47.7 Å². The molecule has 0 radical (unpaired) electrons. The Bertz CT molecular complexity index is 318. The molecule has 3 aliphatic heterocycles. The van der Waals surface area contributed by atoms with Crippen LogP contribution in [0.3, 0.4) is 0 Å². The van der Waals surface area contributed by atoms with Crippen LogP contribution in [-0.2, 0) is 18.9 Å². The predicted octanol–water partition coefficient (Wildman–Crippen LogP) is 0.793. The summed E-state index contributed by atoms with van der Waals surface area (Å²) in [7, 11) is 0. The number of hydrogen-bond acceptors (Lipinski definition) is 5. The summed E-state index contributed by atoms with van der Waals surface area (Å²) < 4.78 is 23.0. The molecule has 17 heavy (non-hydrogen) atoms. The summed E-state index contributed by atoms with van der Waals surface area (Å²) in [6, 6.07) is 0. The quantitative estimate of drug-likeness (QED) is 0.683. The fourth-order valence-corrected chi connectivity index (χ4v) is 3.01. The largest absolute Gasteiger partial charge is 0.385 e. The molecule has 5 heteroatoms. The normalized spacial score (nSPS) is 52.9. The Kier molecular flexibility index (Phi) is 2.55. The summed E-state index contributed by atoms with van der Waals surface area (Å²) in [5.41, 5.74) is 0. The Morgan fingerprint density at radius 1 is 1.18 bits per heavy atom. The molecular weight excluding hydrogens is 224 g/mol. The maximum Gasteiger partial charge on any atom is 0.197 e. The molecule has 98 valence electrons. The molecule has 0 unspecified atom stereocenters. The first-order valence-corrected chi connectivity index (χ1v) is 6.27. The van der Waals surface area contributed by atoms with Crippen molar-refractivity contribution in [2.24, 2.45) is 0 Å². The zero-order valence-electron chi connectivity index (χ0n) is 10.5. The lowest BCUT2D eigenvalue weighted by Gasteiger charge is -2.42. The number of aliphatic hydroxyl groups is 1. The Morgan fingerprint density at radius 3 is 2.59 bits per heavy atom. The minimum atomic E-state index is -0.885. The molecule has 5 atom stereocenters. The van der Waals surface area contributed by atoms with Crippen LogP contribution in [0.1, 0.15) is 33.6 Å². The van der Waals surface area contributed by atoms with Crippen LogP contribution in [0.5, 0.6) is 0 Å². The van der Waals surface area contributed by atoms with E-state index in [1.165, 1.54) is 0 Å². The third-order valence-electron chi connectivity index (χ3n) is 3.78. The predicted molar refractivity (Wildman–Crippen MR) is 58.3 cm³/mol. The SMILES string of the molecule is C[C@H]1CC[C@]2(OC[C@H]3OC(C)(C)O[C@H]3[C@@H]2O)O1. The standard InChI is InChI=1S/C12H20O5/c1-7-4-5-12(15-7)10(13)9-8(6-14-12)16-11(2,3)17-9/h7-10,13H,4-6H2,1-3H3/t7-,8+,9+,10-,12-/m0/s1. The van der Waals surface area contributed by atoms with E-state index in [9.17, 15) is 5.11 Å². The Hall–Kier alpha value is -0.200. The van der Waals surface area contributed by atoms with Crippen molar-refractivity contribution in [3.05, 3.63) is 0 Å². The van der Waals surface area contributed by atoms with Gasteiger partial charge in [0.1, 0.15) is 18.3 Å². The van der Waals surface area contributed by atoms with E-state index in [2.05, 4.69) is 0 Å². The van der Waals surface area contributed by atoms with Gasteiger partial charge in [0.25, 0.3) is 0 Å². The molecule has 3 aliphatic rings.